The first-order valence-corrected chi connectivity index (χ1v) is 7.22. The van der Waals surface area contributed by atoms with Gasteiger partial charge in [0.05, 0.1) is 6.42 Å². The fourth-order valence-corrected chi connectivity index (χ4v) is 2.62. The molecule has 0 aliphatic carbocycles. The zero-order valence-electron chi connectivity index (χ0n) is 10.1. The van der Waals surface area contributed by atoms with Crippen molar-refractivity contribution in [3.63, 3.8) is 0 Å². The molecule has 0 saturated heterocycles. The Morgan fingerprint density at radius 3 is 2.79 bits per heavy atom. The summed E-state index contributed by atoms with van der Waals surface area (Å²) >= 11 is 13.2. The molecule has 19 heavy (non-hydrogen) atoms. The summed E-state index contributed by atoms with van der Waals surface area (Å²) in [5.41, 5.74) is 0.726. The summed E-state index contributed by atoms with van der Waals surface area (Å²) in [5.74, 6) is -0.178. The zero-order valence-corrected chi connectivity index (χ0v) is 12.4. The number of amides is 1. The maximum absolute atomic E-state index is 11.9. The van der Waals surface area contributed by atoms with E-state index in [9.17, 15) is 4.79 Å². The van der Waals surface area contributed by atoms with Crippen LogP contribution in [0.1, 0.15) is 17.5 Å². The lowest BCUT2D eigenvalue weighted by Crippen LogP contribution is -2.14. The minimum atomic E-state index is -0.178. The molecule has 0 saturated carbocycles. The van der Waals surface area contributed by atoms with Crippen molar-refractivity contribution in [3.8, 4) is 0 Å². The number of halogens is 2. The van der Waals surface area contributed by atoms with Crippen molar-refractivity contribution in [2.45, 2.75) is 19.8 Å². The molecule has 0 atom stereocenters. The maximum Gasteiger partial charge on any atom is 0.230 e. The van der Waals surface area contributed by atoms with Gasteiger partial charge in [-0.25, -0.2) is 0 Å². The smallest absolute Gasteiger partial charge is 0.230 e. The molecule has 0 aliphatic rings. The Morgan fingerprint density at radius 2 is 2.16 bits per heavy atom. The summed E-state index contributed by atoms with van der Waals surface area (Å²) in [6.07, 6.45) is 0.980. The predicted octanol–water partition coefficient (Wildman–Crippen LogP) is 3.59. The summed E-state index contributed by atoms with van der Waals surface area (Å²) in [5, 5.41) is 12.9. The third-order valence-corrected chi connectivity index (χ3v) is 3.95. The fraction of sp³-hybridized carbons (Fsp3) is 0.250. The lowest BCUT2D eigenvalue weighted by Gasteiger charge is -2.04. The molecule has 7 heteroatoms. The first-order chi connectivity index (χ1) is 9.08. The Kier molecular flexibility index (Phi) is 4.74. The average Bonchev–Trinajstić information content (AvgIpc) is 2.80. The van der Waals surface area contributed by atoms with E-state index >= 15 is 0 Å². The number of hydrogen-bond donors (Lipinski definition) is 1. The van der Waals surface area contributed by atoms with Crippen molar-refractivity contribution in [1.82, 2.24) is 10.2 Å². The number of anilines is 1. The van der Waals surface area contributed by atoms with Gasteiger partial charge in [0.1, 0.15) is 5.01 Å². The number of carbonyl (C=O) groups is 1. The Balaban J connectivity index is 2.01. The van der Waals surface area contributed by atoms with Crippen molar-refractivity contribution in [2.24, 2.45) is 0 Å². The SMILES string of the molecule is CCc1nnc(NC(=O)Cc2ccc(Cl)cc2Cl)s1. The standard InChI is InChI=1S/C12H11Cl2N3OS/c1-2-11-16-17-12(19-11)15-10(18)5-7-3-4-8(13)6-9(7)14/h3-4,6H,2,5H2,1H3,(H,15,17,18). The highest BCUT2D eigenvalue weighted by Crippen LogP contribution is 2.22. The van der Waals surface area contributed by atoms with E-state index in [1.54, 1.807) is 18.2 Å². The van der Waals surface area contributed by atoms with Crippen LogP contribution in [0.25, 0.3) is 0 Å². The number of benzene rings is 1. The van der Waals surface area contributed by atoms with Crippen LogP contribution in [-0.2, 0) is 17.6 Å². The largest absolute Gasteiger partial charge is 0.300 e. The third-order valence-electron chi connectivity index (χ3n) is 2.38. The highest BCUT2D eigenvalue weighted by Gasteiger charge is 2.10. The van der Waals surface area contributed by atoms with Gasteiger partial charge in [-0.15, -0.1) is 10.2 Å². The van der Waals surface area contributed by atoms with Gasteiger partial charge in [-0.05, 0) is 24.1 Å². The van der Waals surface area contributed by atoms with Crippen LogP contribution in [-0.4, -0.2) is 16.1 Å². The monoisotopic (exact) mass is 315 g/mol. The van der Waals surface area contributed by atoms with E-state index in [4.69, 9.17) is 23.2 Å². The van der Waals surface area contributed by atoms with Gasteiger partial charge >= 0.3 is 0 Å². The zero-order chi connectivity index (χ0) is 13.8. The predicted molar refractivity (Wildman–Crippen MR) is 78.1 cm³/mol. The van der Waals surface area contributed by atoms with E-state index in [-0.39, 0.29) is 12.3 Å². The van der Waals surface area contributed by atoms with E-state index in [2.05, 4.69) is 15.5 Å². The van der Waals surface area contributed by atoms with Crippen LogP contribution in [0.15, 0.2) is 18.2 Å². The molecule has 100 valence electrons. The number of aromatic nitrogens is 2. The summed E-state index contributed by atoms with van der Waals surface area (Å²) in [6.45, 7) is 1.99. The number of carbonyl (C=O) groups excluding carboxylic acids is 1. The Hall–Kier alpha value is -1.17. The summed E-state index contributed by atoms with van der Waals surface area (Å²) in [7, 11) is 0. The quantitative estimate of drug-likeness (QED) is 0.938. The molecule has 0 bridgehead atoms. The summed E-state index contributed by atoms with van der Waals surface area (Å²) in [6, 6.07) is 5.06. The second kappa shape index (κ2) is 6.32. The Bertz CT molecular complexity index is 600. The Labute approximate surface area is 124 Å². The molecule has 2 aromatic rings. The van der Waals surface area contributed by atoms with Gasteiger partial charge in [-0.3, -0.25) is 4.79 Å². The highest BCUT2D eigenvalue weighted by molar-refractivity contribution is 7.15. The second-order valence-corrected chi connectivity index (χ2v) is 5.72. The van der Waals surface area contributed by atoms with E-state index < -0.39 is 0 Å². The van der Waals surface area contributed by atoms with Gasteiger partial charge < -0.3 is 5.32 Å². The molecule has 0 unspecified atom stereocenters. The molecule has 4 nitrogen and oxygen atoms in total. The molecule has 0 spiro atoms. The normalized spacial score (nSPS) is 10.5. The van der Waals surface area contributed by atoms with Crippen molar-refractivity contribution in [1.29, 1.82) is 0 Å². The molecule has 2 rings (SSSR count). The van der Waals surface area contributed by atoms with Gasteiger partial charge in [-0.2, -0.15) is 0 Å². The molecular weight excluding hydrogens is 305 g/mol. The van der Waals surface area contributed by atoms with E-state index in [0.717, 1.165) is 17.0 Å². The molecular formula is C12H11Cl2N3OS. The van der Waals surface area contributed by atoms with Crippen LogP contribution in [0.2, 0.25) is 10.0 Å². The summed E-state index contributed by atoms with van der Waals surface area (Å²) < 4.78 is 0. The van der Waals surface area contributed by atoms with Gasteiger partial charge in [0.15, 0.2) is 0 Å². The molecule has 1 heterocycles. The van der Waals surface area contributed by atoms with Crippen LogP contribution in [0, 0.1) is 0 Å². The number of rotatable bonds is 4. The molecule has 1 aromatic carbocycles. The van der Waals surface area contributed by atoms with Crippen molar-refractivity contribution in [3.05, 3.63) is 38.8 Å². The number of nitrogens with one attached hydrogen (secondary N) is 1. The topological polar surface area (TPSA) is 54.9 Å². The average molecular weight is 316 g/mol. The minimum Gasteiger partial charge on any atom is -0.300 e. The highest BCUT2D eigenvalue weighted by atomic mass is 35.5. The number of nitrogens with zero attached hydrogens (tertiary/aromatic N) is 2. The van der Waals surface area contributed by atoms with Crippen LogP contribution in [0.5, 0.6) is 0 Å². The summed E-state index contributed by atoms with van der Waals surface area (Å²) in [4.78, 5) is 11.9. The Morgan fingerprint density at radius 1 is 1.37 bits per heavy atom. The molecule has 0 fully saturated rings. The first-order valence-electron chi connectivity index (χ1n) is 5.64. The van der Waals surface area contributed by atoms with Crippen LogP contribution < -0.4 is 5.32 Å². The lowest BCUT2D eigenvalue weighted by molar-refractivity contribution is -0.115. The lowest BCUT2D eigenvalue weighted by atomic mass is 10.1. The van der Waals surface area contributed by atoms with Gasteiger partial charge in [0, 0.05) is 10.0 Å². The van der Waals surface area contributed by atoms with Crippen molar-refractivity contribution >= 4 is 45.6 Å². The van der Waals surface area contributed by atoms with Gasteiger partial charge in [0.25, 0.3) is 0 Å². The third kappa shape index (κ3) is 3.89. The van der Waals surface area contributed by atoms with Crippen LogP contribution in [0.3, 0.4) is 0 Å². The number of aryl methyl sites for hydroxylation is 1. The first kappa shape index (κ1) is 14.2. The molecule has 1 N–H and O–H groups in total. The molecule has 1 aromatic heterocycles. The van der Waals surface area contributed by atoms with Crippen molar-refractivity contribution < 1.29 is 4.79 Å². The van der Waals surface area contributed by atoms with E-state index in [0.29, 0.717) is 15.2 Å². The molecule has 1 amide bonds. The minimum absolute atomic E-state index is 0.178. The van der Waals surface area contributed by atoms with Crippen LogP contribution in [0.4, 0.5) is 5.13 Å². The number of hydrogen-bond acceptors (Lipinski definition) is 4. The van der Waals surface area contributed by atoms with Gasteiger partial charge in [0.2, 0.25) is 11.0 Å². The van der Waals surface area contributed by atoms with Crippen LogP contribution >= 0.6 is 34.5 Å². The van der Waals surface area contributed by atoms with E-state index in [1.807, 2.05) is 6.92 Å². The second-order valence-electron chi connectivity index (χ2n) is 3.82. The maximum atomic E-state index is 11.9. The van der Waals surface area contributed by atoms with E-state index in [1.165, 1.54) is 11.3 Å². The molecule has 0 radical (unpaired) electrons. The fourth-order valence-electron chi connectivity index (χ4n) is 1.45. The van der Waals surface area contributed by atoms with Gasteiger partial charge in [-0.1, -0.05) is 47.5 Å². The molecule has 0 aliphatic heterocycles. The van der Waals surface area contributed by atoms with Crippen molar-refractivity contribution in [2.75, 3.05) is 5.32 Å².